The van der Waals surface area contributed by atoms with Crippen LogP contribution in [-0.4, -0.2) is 12.6 Å². The van der Waals surface area contributed by atoms with Gasteiger partial charge in [-0.05, 0) is 60.5 Å². The first-order valence-corrected chi connectivity index (χ1v) is 9.16. The number of ether oxygens (including phenoxy) is 2. The Hall–Kier alpha value is -2.59. The van der Waals surface area contributed by atoms with Crippen LogP contribution >= 0.6 is 15.9 Å². The third-order valence-corrected chi connectivity index (χ3v) is 4.43. The highest BCUT2D eigenvalue weighted by molar-refractivity contribution is 9.10. The van der Waals surface area contributed by atoms with Crippen LogP contribution < -0.4 is 9.47 Å². The topological polar surface area (TPSA) is 35.5 Å². The first-order valence-electron chi connectivity index (χ1n) is 8.37. The Kier molecular flexibility index (Phi) is 6.08. The molecule has 0 aliphatic rings. The van der Waals surface area contributed by atoms with Gasteiger partial charge in [-0.15, -0.1) is 0 Å². The van der Waals surface area contributed by atoms with E-state index in [-0.39, 0.29) is 5.97 Å². The number of hydrogen-bond acceptors (Lipinski definition) is 3. The highest BCUT2D eigenvalue weighted by Crippen LogP contribution is 2.23. The van der Waals surface area contributed by atoms with Crippen LogP contribution in [0.3, 0.4) is 0 Å². The van der Waals surface area contributed by atoms with Gasteiger partial charge in [-0.1, -0.05) is 46.3 Å². The van der Waals surface area contributed by atoms with Gasteiger partial charge < -0.3 is 9.47 Å². The zero-order valence-electron chi connectivity index (χ0n) is 14.4. The van der Waals surface area contributed by atoms with Gasteiger partial charge in [0, 0.05) is 10.9 Å². The van der Waals surface area contributed by atoms with Gasteiger partial charge in [0.05, 0.1) is 12.2 Å². The highest BCUT2D eigenvalue weighted by Gasteiger charge is 2.10. The van der Waals surface area contributed by atoms with Crippen molar-refractivity contribution in [2.24, 2.45) is 0 Å². The van der Waals surface area contributed by atoms with Crippen LogP contribution in [-0.2, 0) is 6.42 Å². The van der Waals surface area contributed by atoms with Crippen molar-refractivity contribution >= 4 is 21.9 Å². The lowest BCUT2D eigenvalue weighted by molar-refractivity contribution is 0.0733. The van der Waals surface area contributed by atoms with E-state index in [0.29, 0.717) is 17.9 Å². The second-order valence-electron chi connectivity index (χ2n) is 5.91. The summed E-state index contributed by atoms with van der Waals surface area (Å²) in [6.45, 7) is 2.49. The molecule has 0 N–H and O–H groups in total. The SMILES string of the molecule is Cc1cc(Br)ccc1OC(=O)c1ccc(OCCc2ccccc2)cc1. The van der Waals surface area contributed by atoms with Crippen molar-refractivity contribution in [1.29, 1.82) is 0 Å². The molecular weight excluding hydrogens is 392 g/mol. The molecule has 132 valence electrons. The van der Waals surface area contributed by atoms with Crippen LogP contribution in [0.25, 0.3) is 0 Å². The summed E-state index contributed by atoms with van der Waals surface area (Å²) in [6, 6.07) is 22.7. The summed E-state index contributed by atoms with van der Waals surface area (Å²) in [5.74, 6) is 0.907. The molecule has 0 atom stereocenters. The Morgan fingerprint density at radius 3 is 2.38 bits per heavy atom. The maximum atomic E-state index is 12.3. The van der Waals surface area contributed by atoms with Gasteiger partial charge in [-0.25, -0.2) is 4.79 Å². The molecule has 0 saturated carbocycles. The van der Waals surface area contributed by atoms with Crippen molar-refractivity contribution in [2.75, 3.05) is 6.61 Å². The predicted octanol–water partition coefficient (Wildman–Crippen LogP) is 5.60. The molecule has 3 aromatic carbocycles. The van der Waals surface area contributed by atoms with Crippen molar-refractivity contribution in [3.05, 3.63) is 94.0 Å². The largest absolute Gasteiger partial charge is 0.493 e. The van der Waals surface area contributed by atoms with Gasteiger partial charge in [-0.2, -0.15) is 0 Å². The molecule has 3 aromatic rings. The molecule has 0 aromatic heterocycles. The van der Waals surface area contributed by atoms with Crippen LogP contribution in [0.2, 0.25) is 0 Å². The van der Waals surface area contributed by atoms with Gasteiger partial charge in [-0.3, -0.25) is 0 Å². The zero-order chi connectivity index (χ0) is 18.4. The maximum Gasteiger partial charge on any atom is 0.343 e. The quantitative estimate of drug-likeness (QED) is 0.391. The van der Waals surface area contributed by atoms with Crippen LogP contribution in [0.15, 0.2) is 77.3 Å². The summed E-state index contributed by atoms with van der Waals surface area (Å²) in [4.78, 5) is 12.3. The van der Waals surface area contributed by atoms with Crippen LogP contribution in [0.5, 0.6) is 11.5 Å². The Balaban J connectivity index is 1.55. The molecule has 0 radical (unpaired) electrons. The molecule has 4 heteroatoms. The lowest BCUT2D eigenvalue weighted by Crippen LogP contribution is -2.09. The fourth-order valence-corrected chi connectivity index (χ4v) is 2.98. The van der Waals surface area contributed by atoms with Crippen LogP contribution in [0.4, 0.5) is 0 Å². The average molecular weight is 411 g/mol. The van der Waals surface area contributed by atoms with E-state index in [9.17, 15) is 4.79 Å². The van der Waals surface area contributed by atoms with Gasteiger partial charge in [0.1, 0.15) is 11.5 Å². The average Bonchev–Trinajstić information content (AvgIpc) is 2.65. The monoisotopic (exact) mass is 410 g/mol. The Morgan fingerprint density at radius 2 is 1.69 bits per heavy atom. The Bertz CT molecular complexity index is 874. The van der Waals surface area contributed by atoms with Gasteiger partial charge >= 0.3 is 5.97 Å². The third kappa shape index (κ3) is 4.96. The van der Waals surface area contributed by atoms with Crippen molar-refractivity contribution < 1.29 is 14.3 Å². The lowest BCUT2D eigenvalue weighted by atomic mass is 10.2. The summed E-state index contributed by atoms with van der Waals surface area (Å²) in [6.07, 6.45) is 0.841. The number of halogens is 1. The molecule has 0 heterocycles. The van der Waals surface area contributed by atoms with Crippen molar-refractivity contribution in [2.45, 2.75) is 13.3 Å². The number of aryl methyl sites for hydroxylation is 1. The summed E-state index contributed by atoms with van der Waals surface area (Å²) in [7, 11) is 0. The molecule has 0 unspecified atom stereocenters. The summed E-state index contributed by atoms with van der Waals surface area (Å²) in [5, 5.41) is 0. The number of carbonyl (C=O) groups excluding carboxylic acids is 1. The molecule has 0 spiro atoms. The predicted molar refractivity (Wildman–Crippen MR) is 106 cm³/mol. The van der Waals surface area contributed by atoms with E-state index < -0.39 is 0 Å². The van der Waals surface area contributed by atoms with Crippen LogP contribution in [0, 0.1) is 6.92 Å². The van der Waals surface area contributed by atoms with Gasteiger partial charge in [0.2, 0.25) is 0 Å². The molecule has 0 saturated heterocycles. The number of esters is 1. The Labute approximate surface area is 161 Å². The van der Waals surface area contributed by atoms with E-state index in [4.69, 9.17) is 9.47 Å². The summed E-state index contributed by atoms with van der Waals surface area (Å²) < 4.78 is 12.2. The standard InChI is InChI=1S/C22H19BrO3/c1-16-15-19(23)9-12-21(16)26-22(24)18-7-10-20(11-8-18)25-14-13-17-5-3-2-4-6-17/h2-12,15H,13-14H2,1H3. The van der Waals surface area contributed by atoms with E-state index in [1.807, 2.05) is 37.3 Å². The molecule has 0 aliphatic heterocycles. The summed E-state index contributed by atoms with van der Waals surface area (Å²) in [5.41, 5.74) is 2.62. The minimum atomic E-state index is -0.383. The summed E-state index contributed by atoms with van der Waals surface area (Å²) >= 11 is 3.40. The maximum absolute atomic E-state index is 12.3. The molecule has 3 nitrogen and oxygen atoms in total. The smallest absolute Gasteiger partial charge is 0.343 e. The normalized spacial score (nSPS) is 10.4. The van der Waals surface area contributed by atoms with Crippen molar-refractivity contribution in [3.63, 3.8) is 0 Å². The lowest BCUT2D eigenvalue weighted by Gasteiger charge is -2.09. The molecule has 0 fully saturated rings. The minimum Gasteiger partial charge on any atom is -0.493 e. The van der Waals surface area contributed by atoms with E-state index >= 15 is 0 Å². The highest BCUT2D eigenvalue weighted by atomic mass is 79.9. The number of hydrogen-bond donors (Lipinski definition) is 0. The molecule has 0 amide bonds. The molecule has 3 rings (SSSR count). The number of carbonyl (C=O) groups is 1. The van der Waals surface area contributed by atoms with E-state index in [2.05, 4.69) is 28.1 Å². The molecular formula is C22H19BrO3. The van der Waals surface area contributed by atoms with E-state index in [1.165, 1.54) is 5.56 Å². The van der Waals surface area contributed by atoms with Gasteiger partial charge in [0.25, 0.3) is 0 Å². The number of benzene rings is 3. The van der Waals surface area contributed by atoms with Crippen LogP contribution in [0.1, 0.15) is 21.5 Å². The van der Waals surface area contributed by atoms with Gasteiger partial charge in [0.15, 0.2) is 0 Å². The number of rotatable bonds is 6. The molecule has 0 bridgehead atoms. The molecule has 0 aliphatic carbocycles. The minimum absolute atomic E-state index is 0.383. The van der Waals surface area contributed by atoms with E-state index in [0.717, 1.165) is 22.2 Å². The van der Waals surface area contributed by atoms with Crippen molar-refractivity contribution in [1.82, 2.24) is 0 Å². The second-order valence-corrected chi connectivity index (χ2v) is 6.82. The Morgan fingerprint density at radius 1 is 0.962 bits per heavy atom. The first kappa shape index (κ1) is 18.2. The van der Waals surface area contributed by atoms with Crippen molar-refractivity contribution in [3.8, 4) is 11.5 Å². The molecule has 26 heavy (non-hydrogen) atoms. The second kappa shape index (κ2) is 8.68. The first-order chi connectivity index (χ1) is 12.6. The fraction of sp³-hybridized carbons (Fsp3) is 0.136. The fourth-order valence-electron chi connectivity index (χ4n) is 2.50. The third-order valence-electron chi connectivity index (χ3n) is 3.93. The van der Waals surface area contributed by atoms with E-state index in [1.54, 1.807) is 30.3 Å². The zero-order valence-corrected chi connectivity index (χ0v) is 16.0.